The first kappa shape index (κ1) is 12.0. The minimum absolute atomic E-state index is 0.179. The van der Waals surface area contributed by atoms with Crippen molar-refractivity contribution in [1.29, 1.82) is 0 Å². The van der Waals surface area contributed by atoms with Gasteiger partial charge in [-0.3, -0.25) is 9.36 Å². The molecule has 0 amide bonds. The summed E-state index contributed by atoms with van der Waals surface area (Å²) >= 11 is 4.16. The van der Waals surface area contributed by atoms with Crippen LogP contribution in [0, 0.1) is 5.92 Å². The summed E-state index contributed by atoms with van der Waals surface area (Å²) in [7, 11) is 0. The number of aromatic nitrogens is 2. The quantitative estimate of drug-likeness (QED) is 0.806. The lowest BCUT2D eigenvalue weighted by Crippen LogP contribution is -2.36. The second kappa shape index (κ2) is 4.79. The van der Waals surface area contributed by atoms with Gasteiger partial charge in [-0.25, -0.2) is 4.79 Å². The fraction of sp³-hybridized carbons (Fsp3) is 0.333. The Hall–Kier alpha value is -1.49. The highest BCUT2D eigenvalue weighted by Gasteiger charge is 2.09. The number of benzene rings is 1. The SMILES string of the molecule is CC(CS)Cn1c(=O)[nH]c2ccccc2c1=O. The van der Waals surface area contributed by atoms with Crippen LogP contribution in [0.4, 0.5) is 0 Å². The van der Waals surface area contributed by atoms with Crippen LogP contribution >= 0.6 is 12.6 Å². The number of hydrogen-bond donors (Lipinski definition) is 2. The highest BCUT2D eigenvalue weighted by Crippen LogP contribution is 2.04. The molecule has 2 aromatic rings. The second-order valence-electron chi connectivity index (χ2n) is 4.18. The van der Waals surface area contributed by atoms with Crippen LogP contribution in [0.15, 0.2) is 33.9 Å². The highest BCUT2D eigenvalue weighted by atomic mass is 32.1. The maximum absolute atomic E-state index is 12.1. The minimum Gasteiger partial charge on any atom is -0.307 e. The fourth-order valence-corrected chi connectivity index (χ4v) is 1.85. The third-order valence-corrected chi connectivity index (χ3v) is 3.32. The predicted octanol–water partition coefficient (Wildman–Crippen LogP) is 1.26. The van der Waals surface area contributed by atoms with Gasteiger partial charge in [0.05, 0.1) is 10.9 Å². The molecule has 17 heavy (non-hydrogen) atoms. The maximum Gasteiger partial charge on any atom is 0.328 e. The van der Waals surface area contributed by atoms with Gasteiger partial charge in [-0.1, -0.05) is 19.1 Å². The topological polar surface area (TPSA) is 54.9 Å². The summed E-state index contributed by atoms with van der Waals surface area (Å²) in [6, 6.07) is 7.02. The molecule has 0 aliphatic rings. The molecule has 0 radical (unpaired) electrons. The molecular formula is C12H14N2O2S. The van der Waals surface area contributed by atoms with Crippen LogP contribution in [0.1, 0.15) is 6.92 Å². The standard InChI is InChI=1S/C12H14N2O2S/c1-8(7-17)6-14-11(15)9-4-2-3-5-10(9)13-12(14)16/h2-5,8,17H,6-7H2,1H3,(H,13,16). The minimum atomic E-state index is -0.359. The van der Waals surface area contributed by atoms with Gasteiger partial charge in [-0.05, 0) is 23.8 Å². The largest absolute Gasteiger partial charge is 0.328 e. The Balaban J connectivity index is 2.64. The zero-order chi connectivity index (χ0) is 12.4. The van der Waals surface area contributed by atoms with Crippen molar-refractivity contribution in [3.8, 4) is 0 Å². The Labute approximate surface area is 104 Å². The van der Waals surface area contributed by atoms with Crippen molar-refractivity contribution in [2.24, 2.45) is 5.92 Å². The Morgan fingerprint density at radius 2 is 2.06 bits per heavy atom. The zero-order valence-corrected chi connectivity index (χ0v) is 10.4. The molecule has 2 rings (SSSR count). The molecule has 0 fully saturated rings. The second-order valence-corrected chi connectivity index (χ2v) is 4.54. The number of hydrogen-bond acceptors (Lipinski definition) is 3. The molecule has 0 saturated heterocycles. The summed E-state index contributed by atoms with van der Waals surface area (Å²) in [5, 5.41) is 0.540. The van der Waals surface area contributed by atoms with Crippen molar-refractivity contribution >= 4 is 23.5 Å². The molecule has 5 heteroatoms. The van der Waals surface area contributed by atoms with Crippen LogP contribution in [0.3, 0.4) is 0 Å². The van der Waals surface area contributed by atoms with Crippen molar-refractivity contribution in [1.82, 2.24) is 9.55 Å². The van der Waals surface area contributed by atoms with E-state index in [1.54, 1.807) is 24.3 Å². The summed E-state index contributed by atoms with van der Waals surface area (Å²) in [5.74, 6) is 0.817. The van der Waals surface area contributed by atoms with Crippen molar-refractivity contribution in [3.63, 3.8) is 0 Å². The van der Waals surface area contributed by atoms with Gasteiger partial charge in [0.2, 0.25) is 0 Å². The Morgan fingerprint density at radius 3 is 2.76 bits per heavy atom. The summed E-state index contributed by atoms with van der Waals surface area (Å²) < 4.78 is 1.24. The molecule has 0 spiro atoms. The Kier molecular flexibility index (Phi) is 3.38. The van der Waals surface area contributed by atoms with E-state index >= 15 is 0 Å². The van der Waals surface area contributed by atoms with Crippen molar-refractivity contribution in [2.75, 3.05) is 5.75 Å². The number of nitrogens with one attached hydrogen (secondary N) is 1. The first-order valence-electron chi connectivity index (χ1n) is 5.46. The molecular weight excluding hydrogens is 236 g/mol. The first-order valence-corrected chi connectivity index (χ1v) is 6.09. The molecule has 0 aliphatic heterocycles. The fourth-order valence-electron chi connectivity index (χ4n) is 1.73. The number of nitrogens with zero attached hydrogens (tertiary/aromatic N) is 1. The summed E-state index contributed by atoms with van der Waals surface area (Å²) in [4.78, 5) is 26.6. The zero-order valence-electron chi connectivity index (χ0n) is 9.51. The van der Waals surface area contributed by atoms with Crippen LogP contribution in [0.2, 0.25) is 0 Å². The number of para-hydroxylation sites is 1. The summed E-state index contributed by atoms with van der Waals surface area (Å²) in [6.07, 6.45) is 0. The molecule has 1 aromatic heterocycles. The van der Waals surface area contributed by atoms with E-state index in [2.05, 4.69) is 17.6 Å². The number of fused-ring (bicyclic) bond motifs is 1. The van der Waals surface area contributed by atoms with Gasteiger partial charge in [-0.2, -0.15) is 12.6 Å². The van der Waals surface area contributed by atoms with E-state index in [1.807, 2.05) is 6.92 Å². The molecule has 4 nitrogen and oxygen atoms in total. The van der Waals surface area contributed by atoms with Gasteiger partial charge in [-0.15, -0.1) is 0 Å². The van der Waals surface area contributed by atoms with Crippen molar-refractivity contribution in [3.05, 3.63) is 45.1 Å². The van der Waals surface area contributed by atoms with E-state index < -0.39 is 0 Å². The van der Waals surface area contributed by atoms with E-state index in [0.29, 0.717) is 23.2 Å². The molecule has 90 valence electrons. The molecule has 1 atom stereocenters. The number of thiol groups is 1. The summed E-state index contributed by atoms with van der Waals surface area (Å²) in [6.45, 7) is 2.34. The molecule has 1 N–H and O–H groups in total. The smallest absolute Gasteiger partial charge is 0.307 e. The number of H-pyrrole nitrogens is 1. The summed E-state index contributed by atoms with van der Waals surface area (Å²) in [5.41, 5.74) is -0.0161. The number of rotatable bonds is 3. The third-order valence-electron chi connectivity index (χ3n) is 2.70. The molecule has 0 saturated carbocycles. The monoisotopic (exact) mass is 250 g/mol. The van der Waals surface area contributed by atoms with Gasteiger partial charge in [0.15, 0.2) is 0 Å². The van der Waals surface area contributed by atoms with E-state index in [4.69, 9.17) is 0 Å². The van der Waals surface area contributed by atoms with Gasteiger partial charge in [0.25, 0.3) is 5.56 Å². The normalized spacial score (nSPS) is 12.8. The van der Waals surface area contributed by atoms with Crippen LogP contribution in [0.25, 0.3) is 10.9 Å². The third kappa shape index (κ3) is 2.29. The van der Waals surface area contributed by atoms with E-state index in [0.717, 1.165) is 0 Å². The van der Waals surface area contributed by atoms with Gasteiger partial charge >= 0.3 is 5.69 Å². The lowest BCUT2D eigenvalue weighted by molar-refractivity contribution is 0.503. The van der Waals surface area contributed by atoms with E-state index in [9.17, 15) is 9.59 Å². The van der Waals surface area contributed by atoms with Crippen LogP contribution in [-0.2, 0) is 6.54 Å². The Bertz CT molecular complexity index is 645. The molecule has 1 heterocycles. The average molecular weight is 250 g/mol. The van der Waals surface area contributed by atoms with Crippen molar-refractivity contribution < 1.29 is 0 Å². The lowest BCUT2D eigenvalue weighted by atomic mass is 10.2. The average Bonchev–Trinajstić information content (AvgIpc) is 2.34. The predicted molar refractivity (Wildman–Crippen MR) is 71.8 cm³/mol. The lowest BCUT2D eigenvalue weighted by Gasteiger charge is -2.10. The maximum atomic E-state index is 12.1. The first-order chi connectivity index (χ1) is 8.13. The highest BCUT2D eigenvalue weighted by molar-refractivity contribution is 7.80. The van der Waals surface area contributed by atoms with Crippen molar-refractivity contribution in [2.45, 2.75) is 13.5 Å². The molecule has 0 bridgehead atoms. The Morgan fingerprint density at radius 1 is 1.35 bits per heavy atom. The van der Waals surface area contributed by atoms with Gasteiger partial charge in [0.1, 0.15) is 0 Å². The number of aromatic amines is 1. The van der Waals surface area contributed by atoms with E-state index in [1.165, 1.54) is 4.57 Å². The van der Waals surface area contributed by atoms with Gasteiger partial charge < -0.3 is 4.98 Å². The molecule has 0 aliphatic carbocycles. The van der Waals surface area contributed by atoms with Crippen LogP contribution < -0.4 is 11.2 Å². The molecule has 1 unspecified atom stereocenters. The van der Waals surface area contributed by atoms with Gasteiger partial charge in [0, 0.05) is 6.54 Å². The van der Waals surface area contributed by atoms with E-state index in [-0.39, 0.29) is 17.2 Å². The van der Waals surface area contributed by atoms with Crippen LogP contribution in [-0.4, -0.2) is 15.3 Å². The van der Waals surface area contributed by atoms with Crippen LogP contribution in [0.5, 0.6) is 0 Å². The molecule has 1 aromatic carbocycles.